The van der Waals surface area contributed by atoms with Gasteiger partial charge in [0.25, 0.3) is 0 Å². The largest absolute Gasteiger partial charge is 0.417 e. The third-order valence-electron chi connectivity index (χ3n) is 4.28. The Bertz CT molecular complexity index is 1110. The first-order valence-corrected chi connectivity index (χ1v) is 11.4. The third kappa shape index (κ3) is 3.88. The van der Waals surface area contributed by atoms with Crippen LogP contribution in [0.5, 0.6) is 0 Å². The van der Waals surface area contributed by atoms with Crippen LogP contribution in [0.4, 0.5) is 13.2 Å². The normalized spacial score (nSPS) is 16.8. The maximum atomic E-state index is 13.0. The Balaban J connectivity index is 1.82. The average molecular weight is 474 g/mol. The molecule has 1 heterocycles. The highest BCUT2D eigenvalue weighted by Gasteiger charge is 2.45. The van der Waals surface area contributed by atoms with Crippen LogP contribution in [-0.2, 0) is 26.0 Å². The van der Waals surface area contributed by atoms with Crippen LogP contribution in [0.3, 0.4) is 0 Å². The lowest BCUT2D eigenvalue weighted by atomic mass is 10.2. The van der Waals surface area contributed by atoms with Crippen molar-refractivity contribution in [2.75, 3.05) is 13.1 Å². The molecule has 0 spiro atoms. The standard InChI is InChI=1S/C16H12Cl2F3NO4S2/c17-10-1-3-11(4-2-10)27(23,24)13-8-22(9-13)28(25,26)12-5-6-15(18)14(7-12)16(19,20)21/h1-7,13H,8-9H2. The number of sulfonamides is 1. The van der Waals surface area contributed by atoms with Crippen molar-refractivity contribution >= 4 is 43.1 Å². The summed E-state index contributed by atoms with van der Waals surface area (Å²) in [6, 6.07) is 7.65. The van der Waals surface area contributed by atoms with E-state index in [4.69, 9.17) is 23.2 Å². The van der Waals surface area contributed by atoms with Gasteiger partial charge in [-0.05, 0) is 42.5 Å². The highest BCUT2D eigenvalue weighted by atomic mass is 35.5. The molecule has 1 saturated heterocycles. The van der Waals surface area contributed by atoms with E-state index < -0.39 is 46.8 Å². The van der Waals surface area contributed by atoms with Gasteiger partial charge in [-0.15, -0.1) is 0 Å². The van der Waals surface area contributed by atoms with Gasteiger partial charge in [0.05, 0.1) is 25.6 Å². The Morgan fingerprint density at radius 2 is 1.43 bits per heavy atom. The predicted octanol–water partition coefficient (Wildman–Crippen LogP) is 3.86. The predicted molar refractivity (Wildman–Crippen MR) is 97.6 cm³/mol. The summed E-state index contributed by atoms with van der Waals surface area (Å²) in [4.78, 5) is -0.614. The fourth-order valence-corrected chi connectivity index (χ4v) is 6.39. The van der Waals surface area contributed by atoms with E-state index in [9.17, 15) is 30.0 Å². The molecular formula is C16H12Cl2F3NO4S2. The molecule has 0 atom stereocenters. The van der Waals surface area contributed by atoms with Crippen molar-refractivity contribution in [1.82, 2.24) is 4.31 Å². The molecule has 0 radical (unpaired) electrons. The second-order valence-electron chi connectivity index (χ2n) is 6.08. The second kappa shape index (κ2) is 7.17. The van der Waals surface area contributed by atoms with E-state index in [1.165, 1.54) is 24.3 Å². The summed E-state index contributed by atoms with van der Waals surface area (Å²) >= 11 is 11.2. The van der Waals surface area contributed by atoms with Gasteiger partial charge in [0.2, 0.25) is 10.0 Å². The topological polar surface area (TPSA) is 71.5 Å². The molecule has 12 heteroatoms. The molecule has 1 aliphatic rings. The Kier molecular flexibility index (Phi) is 5.48. The lowest BCUT2D eigenvalue weighted by molar-refractivity contribution is -0.137. The van der Waals surface area contributed by atoms with E-state index in [-0.39, 0.29) is 18.0 Å². The zero-order chi connectivity index (χ0) is 20.9. The lowest BCUT2D eigenvalue weighted by Crippen LogP contribution is -2.56. The summed E-state index contributed by atoms with van der Waals surface area (Å²) in [6.07, 6.45) is -4.82. The molecular weight excluding hydrogens is 462 g/mol. The van der Waals surface area contributed by atoms with Crippen LogP contribution in [0.25, 0.3) is 0 Å². The SMILES string of the molecule is O=S(=O)(c1ccc(Cl)cc1)C1CN(S(=O)(=O)c2ccc(Cl)c(C(F)(F)F)c2)C1. The summed E-state index contributed by atoms with van der Waals surface area (Å²) in [6.45, 7) is -0.728. The van der Waals surface area contributed by atoms with Crippen LogP contribution in [0.2, 0.25) is 10.0 Å². The third-order valence-corrected chi connectivity index (χ3v) is 8.79. The monoisotopic (exact) mass is 473 g/mol. The van der Waals surface area contributed by atoms with Gasteiger partial charge in [0, 0.05) is 18.1 Å². The number of hydrogen-bond donors (Lipinski definition) is 0. The quantitative estimate of drug-likeness (QED) is 0.675. The van der Waals surface area contributed by atoms with Crippen molar-refractivity contribution in [3.8, 4) is 0 Å². The first kappa shape index (κ1) is 21.4. The van der Waals surface area contributed by atoms with Gasteiger partial charge in [-0.1, -0.05) is 23.2 Å². The van der Waals surface area contributed by atoms with Crippen molar-refractivity contribution in [3.63, 3.8) is 0 Å². The molecule has 0 amide bonds. The van der Waals surface area contributed by atoms with E-state index in [0.29, 0.717) is 11.1 Å². The number of rotatable bonds is 4. The first-order chi connectivity index (χ1) is 12.8. The van der Waals surface area contributed by atoms with E-state index in [0.717, 1.165) is 16.4 Å². The number of hydrogen-bond acceptors (Lipinski definition) is 4. The molecule has 3 rings (SSSR count). The van der Waals surface area contributed by atoms with Crippen molar-refractivity contribution in [1.29, 1.82) is 0 Å². The highest BCUT2D eigenvalue weighted by Crippen LogP contribution is 2.37. The molecule has 0 aromatic heterocycles. The van der Waals surface area contributed by atoms with E-state index >= 15 is 0 Å². The number of benzene rings is 2. The van der Waals surface area contributed by atoms with Gasteiger partial charge in [-0.2, -0.15) is 17.5 Å². The molecule has 0 N–H and O–H groups in total. The van der Waals surface area contributed by atoms with Crippen LogP contribution in [-0.4, -0.2) is 39.5 Å². The molecule has 0 saturated carbocycles. The minimum Gasteiger partial charge on any atom is -0.223 e. The van der Waals surface area contributed by atoms with E-state index in [2.05, 4.69) is 0 Å². The molecule has 0 aliphatic carbocycles. The van der Waals surface area contributed by atoms with Gasteiger partial charge in [0.15, 0.2) is 9.84 Å². The Morgan fingerprint density at radius 3 is 1.96 bits per heavy atom. The second-order valence-corrected chi connectivity index (χ2v) is 11.1. The molecule has 0 bridgehead atoms. The van der Waals surface area contributed by atoms with Gasteiger partial charge in [-0.25, -0.2) is 16.8 Å². The van der Waals surface area contributed by atoms with Crippen LogP contribution in [0, 0.1) is 0 Å². The summed E-state index contributed by atoms with van der Waals surface area (Å²) < 4.78 is 89.9. The summed E-state index contributed by atoms with van der Waals surface area (Å²) in [7, 11) is -8.09. The fourth-order valence-electron chi connectivity index (χ4n) is 2.64. The van der Waals surface area contributed by atoms with Crippen molar-refractivity contribution in [2.45, 2.75) is 21.2 Å². The number of halogens is 5. The number of sulfone groups is 1. The maximum Gasteiger partial charge on any atom is 0.417 e. The smallest absolute Gasteiger partial charge is 0.223 e. The molecule has 0 unspecified atom stereocenters. The number of alkyl halides is 3. The van der Waals surface area contributed by atoms with E-state index in [1.54, 1.807) is 0 Å². The Labute approximate surface area is 169 Å². The van der Waals surface area contributed by atoms with Crippen LogP contribution < -0.4 is 0 Å². The molecule has 1 fully saturated rings. The molecule has 28 heavy (non-hydrogen) atoms. The van der Waals surface area contributed by atoms with Crippen molar-refractivity contribution in [2.24, 2.45) is 0 Å². The van der Waals surface area contributed by atoms with Gasteiger partial charge in [0.1, 0.15) is 0 Å². The highest BCUT2D eigenvalue weighted by molar-refractivity contribution is 7.92. The summed E-state index contributed by atoms with van der Waals surface area (Å²) in [5.41, 5.74) is -1.28. The lowest BCUT2D eigenvalue weighted by Gasteiger charge is -2.37. The van der Waals surface area contributed by atoms with E-state index in [1.807, 2.05) is 0 Å². The van der Waals surface area contributed by atoms with Crippen molar-refractivity contribution < 1.29 is 30.0 Å². The fraction of sp³-hybridized carbons (Fsp3) is 0.250. The van der Waals surface area contributed by atoms with Crippen molar-refractivity contribution in [3.05, 3.63) is 58.1 Å². The minimum absolute atomic E-state index is 0.00945. The maximum absolute atomic E-state index is 13.0. The summed E-state index contributed by atoms with van der Waals surface area (Å²) in [5, 5.41) is -1.28. The molecule has 2 aromatic rings. The molecule has 1 aliphatic heterocycles. The van der Waals surface area contributed by atoms with Crippen LogP contribution >= 0.6 is 23.2 Å². The average Bonchev–Trinajstić information content (AvgIpc) is 2.52. The Morgan fingerprint density at radius 1 is 0.893 bits per heavy atom. The van der Waals surface area contributed by atoms with Crippen LogP contribution in [0.15, 0.2) is 52.3 Å². The van der Waals surface area contributed by atoms with Gasteiger partial charge in [-0.3, -0.25) is 0 Å². The molecule has 152 valence electrons. The molecule has 5 nitrogen and oxygen atoms in total. The number of nitrogens with zero attached hydrogens (tertiary/aromatic N) is 1. The zero-order valence-corrected chi connectivity index (χ0v) is 17.0. The Hall–Kier alpha value is -1.33. The van der Waals surface area contributed by atoms with Gasteiger partial charge < -0.3 is 0 Å². The van der Waals surface area contributed by atoms with Crippen LogP contribution in [0.1, 0.15) is 5.56 Å². The first-order valence-electron chi connectivity index (χ1n) is 7.70. The summed E-state index contributed by atoms with van der Waals surface area (Å²) in [5.74, 6) is 0. The zero-order valence-electron chi connectivity index (χ0n) is 13.8. The van der Waals surface area contributed by atoms with Gasteiger partial charge >= 0.3 is 6.18 Å². The minimum atomic E-state index is -4.82. The molecule has 2 aromatic carbocycles.